The lowest BCUT2D eigenvalue weighted by atomic mass is 9.87. The molecular weight excluding hydrogens is 390 g/mol. The Hall–Kier alpha value is -1.85. The molecule has 136 valence electrons. The zero-order valence-corrected chi connectivity index (χ0v) is 16.4. The smallest absolute Gasteiger partial charge is 0.321 e. The molecule has 2 aliphatic rings. The Labute approximate surface area is 163 Å². The molecule has 5 heteroatoms. The number of hydrogen-bond donors (Lipinski definition) is 1. The summed E-state index contributed by atoms with van der Waals surface area (Å²) in [5.74, 6) is 0. The highest BCUT2D eigenvalue weighted by molar-refractivity contribution is 9.10. The number of halogens is 1. The molecule has 2 aromatic carbocycles. The molecule has 1 aliphatic heterocycles. The minimum Gasteiger partial charge on any atom is -0.322 e. The number of urea groups is 1. The molecule has 1 fully saturated rings. The van der Waals surface area contributed by atoms with Crippen molar-refractivity contribution in [3.63, 3.8) is 0 Å². The zero-order valence-electron chi connectivity index (χ0n) is 14.8. The van der Waals surface area contributed by atoms with Crippen molar-refractivity contribution in [2.24, 2.45) is 0 Å². The second kappa shape index (κ2) is 7.80. The van der Waals surface area contributed by atoms with E-state index in [1.54, 1.807) is 0 Å². The van der Waals surface area contributed by atoms with E-state index in [-0.39, 0.29) is 6.03 Å². The Balaban J connectivity index is 1.31. The summed E-state index contributed by atoms with van der Waals surface area (Å²) in [6.45, 7) is 3.50. The molecule has 0 spiro atoms. The number of amides is 2. The predicted molar refractivity (Wildman–Crippen MR) is 109 cm³/mol. The summed E-state index contributed by atoms with van der Waals surface area (Å²) >= 11 is 3.57. The van der Waals surface area contributed by atoms with Crippen molar-refractivity contribution in [1.82, 2.24) is 9.80 Å². The SMILES string of the molecule is O=C(Nc1ccccc1)N1CCN([C@@H]2CCc3cc(Br)ccc3C2)CC1. The molecule has 4 nitrogen and oxygen atoms in total. The van der Waals surface area contributed by atoms with Crippen molar-refractivity contribution in [2.45, 2.75) is 25.3 Å². The summed E-state index contributed by atoms with van der Waals surface area (Å²) in [5, 5.41) is 2.99. The summed E-state index contributed by atoms with van der Waals surface area (Å²) < 4.78 is 1.17. The number of fused-ring (bicyclic) bond motifs is 1. The standard InChI is InChI=1S/C21H24BrN3O/c22-18-8-6-17-15-20(9-7-16(17)14-18)24-10-12-25(13-11-24)21(26)23-19-4-2-1-3-5-19/h1-6,8,14,20H,7,9-13,15H2,(H,23,26)/t20-/m1/s1. The summed E-state index contributed by atoms with van der Waals surface area (Å²) in [7, 11) is 0. The van der Waals surface area contributed by atoms with Crippen molar-refractivity contribution in [1.29, 1.82) is 0 Å². The number of hydrogen-bond acceptors (Lipinski definition) is 2. The van der Waals surface area contributed by atoms with Crippen LogP contribution in [0.15, 0.2) is 53.0 Å². The number of anilines is 1. The molecule has 0 aromatic heterocycles. The van der Waals surface area contributed by atoms with E-state index in [9.17, 15) is 4.79 Å². The van der Waals surface area contributed by atoms with Crippen LogP contribution in [-0.4, -0.2) is 48.1 Å². The zero-order chi connectivity index (χ0) is 17.9. The molecule has 4 rings (SSSR count). The van der Waals surface area contributed by atoms with E-state index in [0.29, 0.717) is 6.04 Å². The molecule has 0 unspecified atom stereocenters. The molecule has 26 heavy (non-hydrogen) atoms. The van der Waals surface area contributed by atoms with Gasteiger partial charge < -0.3 is 10.2 Å². The Morgan fingerprint density at radius 2 is 1.77 bits per heavy atom. The average molecular weight is 414 g/mol. The lowest BCUT2D eigenvalue weighted by molar-refractivity contribution is 0.106. The van der Waals surface area contributed by atoms with Gasteiger partial charge in [-0.05, 0) is 54.7 Å². The van der Waals surface area contributed by atoms with Crippen LogP contribution < -0.4 is 5.32 Å². The Morgan fingerprint density at radius 3 is 2.54 bits per heavy atom. The number of piperazine rings is 1. The summed E-state index contributed by atoms with van der Waals surface area (Å²) in [4.78, 5) is 16.9. The van der Waals surface area contributed by atoms with Crippen LogP contribution in [0.1, 0.15) is 17.5 Å². The first-order valence-corrected chi connectivity index (χ1v) is 10.1. The van der Waals surface area contributed by atoms with Crippen LogP contribution in [0.4, 0.5) is 10.5 Å². The van der Waals surface area contributed by atoms with E-state index < -0.39 is 0 Å². The normalized spacial score (nSPS) is 20.5. The first-order valence-electron chi connectivity index (χ1n) is 9.31. The van der Waals surface area contributed by atoms with Gasteiger partial charge in [0.2, 0.25) is 0 Å². The second-order valence-electron chi connectivity index (χ2n) is 7.13. The fraction of sp³-hybridized carbons (Fsp3) is 0.381. The van der Waals surface area contributed by atoms with Crippen LogP contribution in [0, 0.1) is 0 Å². The predicted octanol–water partition coefficient (Wildman–Crippen LogP) is 4.16. The number of aryl methyl sites for hydroxylation is 1. The molecule has 2 aromatic rings. The monoisotopic (exact) mass is 413 g/mol. The third-order valence-electron chi connectivity index (χ3n) is 5.51. The van der Waals surface area contributed by atoms with E-state index >= 15 is 0 Å². The number of benzene rings is 2. The van der Waals surface area contributed by atoms with E-state index in [0.717, 1.165) is 44.7 Å². The fourth-order valence-corrected chi connectivity index (χ4v) is 4.44. The van der Waals surface area contributed by atoms with Gasteiger partial charge in [-0.1, -0.05) is 40.2 Å². The van der Waals surface area contributed by atoms with Crippen molar-refractivity contribution >= 4 is 27.6 Å². The summed E-state index contributed by atoms with van der Waals surface area (Å²) in [6.07, 6.45) is 3.48. The minimum atomic E-state index is 0.00897. The summed E-state index contributed by atoms with van der Waals surface area (Å²) in [6, 6.07) is 16.9. The maximum Gasteiger partial charge on any atom is 0.321 e. The highest BCUT2D eigenvalue weighted by Gasteiger charge is 2.28. The summed E-state index contributed by atoms with van der Waals surface area (Å²) in [5.41, 5.74) is 3.82. The van der Waals surface area contributed by atoms with Gasteiger partial charge >= 0.3 is 6.03 Å². The number of para-hydroxylation sites is 1. The van der Waals surface area contributed by atoms with E-state index in [1.165, 1.54) is 22.0 Å². The van der Waals surface area contributed by atoms with Gasteiger partial charge in [-0.25, -0.2) is 4.79 Å². The highest BCUT2D eigenvalue weighted by atomic mass is 79.9. The molecule has 1 heterocycles. The quantitative estimate of drug-likeness (QED) is 0.801. The number of rotatable bonds is 2. The van der Waals surface area contributed by atoms with Gasteiger partial charge in [-0.2, -0.15) is 0 Å². The van der Waals surface area contributed by atoms with E-state index in [4.69, 9.17) is 0 Å². The van der Waals surface area contributed by atoms with Crippen molar-refractivity contribution < 1.29 is 4.79 Å². The Kier molecular flexibility index (Phi) is 5.27. The minimum absolute atomic E-state index is 0.00897. The molecule has 1 N–H and O–H groups in total. The molecule has 0 radical (unpaired) electrons. The average Bonchev–Trinajstić information content (AvgIpc) is 2.68. The number of carbonyl (C=O) groups is 1. The van der Waals surface area contributed by atoms with E-state index in [2.05, 4.69) is 44.3 Å². The molecule has 1 atom stereocenters. The third-order valence-corrected chi connectivity index (χ3v) is 6.01. The van der Waals surface area contributed by atoms with Crippen LogP contribution in [-0.2, 0) is 12.8 Å². The van der Waals surface area contributed by atoms with Gasteiger partial charge in [0.1, 0.15) is 0 Å². The molecule has 2 amide bonds. The maximum atomic E-state index is 12.4. The number of nitrogens with zero attached hydrogens (tertiary/aromatic N) is 2. The van der Waals surface area contributed by atoms with E-state index in [1.807, 2.05) is 35.2 Å². The Morgan fingerprint density at radius 1 is 1.00 bits per heavy atom. The molecular formula is C21H24BrN3O. The maximum absolute atomic E-state index is 12.4. The van der Waals surface area contributed by atoms with Gasteiger partial charge in [0, 0.05) is 42.4 Å². The van der Waals surface area contributed by atoms with Crippen molar-refractivity contribution in [3.05, 3.63) is 64.1 Å². The van der Waals surface area contributed by atoms with Crippen LogP contribution >= 0.6 is 15.9 Å². The van der Waals surface area contributed by atoms with Crippen LogP contribution in [0.25, 0.3) is 0 Å². The molecule has 0 saturated carbocycles. The largest absolute Gasteiger partial charge is 0.322 e. The number of nitrogens with one attached hydrogen (secondary N) is 1. The van der Waals surface area contributed by atoms with Crippen LogP contribution in [0.2, 0.25) is 0 Å². The van der Waals surface area contributed by atoms with Gasteiger partial charge in [0.25, 0.3) is 0 Å². The number of carbonyl (C=O) groups excluding carboxylic acids is 1. The van der Waals surface area contributed by atoms with Gasteiger partial charge in [-0.3, -0.25) is 4.90 Å². The lowest BCUT2D eigenvalue weighted by Crippen LogP contribution is -2.53. The van der Waals surface area contributed by atoms with Crippen LogP contribution in [0.5, 0.6) is 0 Å². The van der Waals surface area contributed by atoms with Gasteiger partial charge in [0.15, 0.2) is 0 Å². The second-order valence-corrected chi connectivity index (χ2v) is 8.04. The van der Waals surface area contributed by atoms with Gasteiger partial charge in [0.05, 0.1) is 0 Å². The van der Waals surface area contributed by atoms with Crippen molar-refractivity contribution in [3.8, 4) is 0 Å². The molecule has 0 bridgehead atoms. The molecule has 1 saturated heterocycles. The first-order chi connectivity index (χ1) is 12.7. The molecule has 1 aliphatic carbocycles. The van der Waals surface area contributed by atoms with Crippen LogP contribution in [0.3, 0.4) is 0 Å². The van der Waals surface area contributed by atoms with Gasteiger partial charge in [-0.15, -0.1) is 0 Å². The van der Waals surface area contributed by atoms with Crippen molar-refractivity contribution in [2.75, 3.05) is 31.5 Å². The topological polar surface area (TPSA) is 35.6 Å². The third kappa shape index (κ3) is 3.94. The first kappa shape index (κ1) is 17.6. The fourth-order valence-electron chi connectivity index (χ4n) is 4.03. The highest BCUT2D eigenvalue weighted by Crippen LogP contribution is 2.27. The lowest BCUT2D eigenvalue weighted by Gasteiger charge is -2.41. The Bertz CT molecular complexity index is 772.